The Bertz CT molecular complexity index is 475. The molecular formula is C16H26N2O2S. The van der Waals surface area contributed by atoms with Gasteiger partial charge in [0, 0.05) is 28.3 Å². The number of nitrogens with zero attached hydrogens (tertiary/aromatic N) is 1. The predicted molar refractivity (Wildman–Crippen MR) is 86.4 cm³/mol. The maximum Gasteiger partial charge on any atom is 0.234 e. The van der Waals surface area contributed by atoms with E-state index in [1.54, 1.807) is 11.3 Å². The fourth-order valence-corrected chi connectivity index (χ4v) is 3.74. The summed E-state index contributed by atoms with van der Waals surface area (Å²) in [7, 11) is 0. The Labute approximate surface area is 131 Å². The van der Waals surface area contributed by atoms with Crippen molar-refractivity contribution in [3.8, 4) is 0 Å². The molecule has 1 unspecified atom stereocenters. The molecule has 2 rings (SSSR count). The summed E-state index contributed by atoms with van der Waals surface area (Å²) in [6.45, 7) is 7.23. The van der Waals surface area contributed by atoms with Crippen LogP contribution in [-0.2, 0) is 17.8 Å². The highest BCUT2D eigenvalue weighted by Gasteiger charge is 2.30. The van der Waals surface area contributed by atoms with Crippen LogP contribution in [0.3, 0.4) is 0 Å². The number of thiophene rings is 1. The van der Waals surface area contributed by atoms with Crippen LogP contribution in [0.25, 0.3) is 0 Å². The Morgan fingerprint density at radius 2 is 2.24 bits per heavy atom. The van der Waals surface area contributed by atoms with Gasteiger partial charge in [0.25, 0.3) is 0 Å². The second-order valence-corrected chi connectivity index (χ2v) is 7.53. The van der Waals surface area contributed by atoms with E-state index < -0.39 is 0 Å². The molecular weight excluding hydrogens is 284 g/mol. The Morgan fingerprint density at radius 3 is 2.90 bits per heavy atom. The van der Waals surface area contributed by atoms with Gasteiger partial charge in [0.2, 0.25) is 5.91 Å². The minimum atomic E-state index is -0.0533. The SMILES string of the molecule is CCc1ccc(CNC(=O)CN2CCCC(C)(CO)C2)s1. The van der Waals surface area contributed by atoms with E-state index >= 15 is 0 Å². The Hall–Kier alpha value is -0.910. The molecule has 1 fully saturated rings. The van der Waals surface area contributed by atoms with Crippen molar-refractivity contribution in [3.63, 3.8) is 0 Å². The van der Waals surface area contributed by atoms with Crippen molar-refractivity contribution in [1.82, 2.24) is 10.2 Å². The summed E-state index contributed by atoms with van der Waals surface area (Å²) in [6, 6.07) is 4.22. The maximum atomic E-state index is 12.0. The smallest absolute Gasteiger partial charge is 0.234 e. The van der Waals surface area contributed by atoms with Crippen LogP contribution in [0.5, 0.6) is 0 Å². The van der Waals surface area contributed by atoms with Gasteiger partial charge >= 0.3 is 0 Å². The zero-order valence-electron chi connectivity index (χ0n) is 13.0. The summed E-state index contributed by atoms with van der Waals surface area (Å²) in [5.74, 6) is 0.0728. The number of aryl methyl sites for hydroxylation is 1. The van der Waals surface area contributed by atoms with Crippen molar-refractivity contribution in [2.45, 2.75) is 39.7 Å². The third kappa shape index (κ3) is 4.80. The molecule has 5 heteroatoms. The lowest BCUT2D eigenvalue weighted by molar-refractivity contribution is -0.123. The van der Waals surface area contributed by atoms with Gasteiger partial charge in [-0.05, 0) is 37.9 Å². The van der Waals surface area contributed by atoms with Gasteiger partial charge in [-0.3, -0.25) is 9.69 Å². The van der Waals surface area contributed by atoms with Crippen LogP contribution < -0.4 is 5.32 Å². The van der Waals surface area contributed by atoms with Gasteiger partial charge in [0.05, 0.1) is 13.1 Å². The predicted octanol–water partition coefficient (Wildman–Crippen LogP) is 2.02. The fraction of sp³-hybridized carbons (Fsp3) is 0.688. The lowest BCUT2D eigenvalue weighted by Crippen LogP contribution is -2.47. The standard InChI is InChI=1S/C16H26N2O2S/c1-3-13-5-6-14(21-13)9-17-15(20)10-18-8-4-7-16(2,11-18)12-19/h5-6,19H,3-4,7-12H2,1-2H3,(H,17,20). The van der Waals surface area contributed by atoms with Gasteiger partial charge in [0.1, 0.15) is 0 Å². The maximum absolute atomic E-state index is 12.0. The van der Waals surface area contributed by atoms with E-state index in [-0.39, 0.29) is 17.9 Å². The van der Waals surface area contributed by atoms with Crippen LogP contribution in [0, 0.1) is 5.41 Å². The highest BCUT2D eigenvalue weighted by molar-refractivity contribution is 7.11. The van der Waals surface area contributed by atoms with Crippen LogP contribution in [0.15, 0.2) is 12.1 Å². The zero-order valence-corrected chi connectivity index (χ0v) is 13.8. The Morgan fingerprint density at radius 1 is 1.48 bits per heavy atom. The first-order valence-corrected chi connectivity index (χ1v) is 8.54. The number of likely N-dealkylation sites (tertiary alicyclic amines) is 1. The average Bonchev–Trinajstić information content (AvgIpc) is 2.93. The molecule has 0 aliphatic carbocycles. The molecule has 1 aliphatic heterocycles. The lowest BCUT2D eigenvalue weighted by Gasteiger charge is -2.38. The minimum Gasteiger partial charge on any atom is -0.396 e. The molecule has 0 saturated carbocycles. The number of carbonyl (C=O) groups excluding carboxylic acids is 1. The van der Waals surface area contributed by atoms with Crippen LogP contribution in [0.4, 0.5) is 0 Å². The highest BCUT2D eigenvalue weighted by atomic mass is 32.1. The summed E-state index contributed by atoms with van der Waals surface area (Å²) >= 11 is 1.76. The Balaban J connectivity index is 1.76. The third-order valence-electron chi connectivity index (χ3n) is 4.13. The van der Waals surface area contributed by atoms with Crippen molar-refractivity contribution < 1.29 is 9.90 Å². The second kappa shape index (κ2) is 7.38. The number of hydrogen-bond donors (Lipinski definition) is 2. The van der Waals surface area contributed by atoms with Crippen molar-refractivity contribution in [1.29, 1.82) is 0 Å². The summed E-state index contributed by atoms with van der Waals surface area (Å²) in [5, 5.41) is 12.5. The van der Waals surface area contributed by atoms with Gasteiger partial charge in [-0.1, -0.05) is 13.8 Å². The average molecular weight is 310 g/mol. The molecule has 1 amide bonds. The molecule has 2 N–H and O–H groups in total. The number of rotatable bonds is 6. The molecule has 1 aromatic rings. The largest absolute Gasteiger partial charge is 0.396 e. The normalized spacial score (nSPS) is 23.2. The topological polar surface area (TPSA) is 52.6 Å². The minimum absolute atomic E-state index is 0.0533. The quantitative estimate of drug-likeness (QED) is 0.845. The molecule has 0 spiro atoms. The number of aliphatic hydroxyl groups is 1. The highest BCUT2D eigenvalue weighted by Crippen LogP contribution is 2.28. The fourth-order valence-electron chi connectivity index (χ4n) is 2.84. The van der Waals surface area contributed by atoms with E-state index in [4.69, 9.17) is 0 Å². The molecule has 0 radical (unpaired) electrons. The van der Waals surface area contributed by atoms with Gasteiger partial charge in [-0.2, -0.15) is 0 Å². The molecule has 1 aromatic heterocycles. The van der Waals surface area contributed by atoms with Crippen molar-refractivity contribution in [2.75, 3.05) is 26.2 Å². The molecule has 2 heterocycles. The van der Waals surface area contributed by atoms with E-state index in [1.165, 1.54) is 9.75 Å². The Kier molecular flexibility index (Phi) is 5.79. The molecule has 0 bridgehead atoms. The molecule has 4 nitrogen and oxygen atoms in total. The van der Waals surface area contributed by atoms with E-state index in [0.29, 0.717) is 13.1 Å². The monoisotopic (exact) mass is 310 g/mol. The van der Waals surface area contributed by atoms with Gasteiger partial charge in [-0.25, -0.2) is 0 Å². The number of nitrogens with one attached hydrogen (secondary N) is 1. The molecule has 1 aliphatic rings. The number of aliphatic hydroxyl groups excluding tert-OH is 1. The van der Waals surface area contributed by atoms with E-state index in [2.05, 4.69) is 36.2 Å². The number of hydrogen-bond acceptors (Lipinski definition) is 4. The lowest BCUT2D eigenvalue weighted by atomic mass is 9.83. The van der Waals surface area contributed by atoms with E-state index in [0.717, 1.165) is 32.4 Å². The summed E-state index contributed by atoms with van der Waals surface area (Å²) < 4.78 is 0. The van der Waals surface area contributed by atoms with Crippen LogP contribution in [-0.4, -0.2) is 42.2 Å². The van der Waals surface area contributed by atoms with Gasteiger partial charge < -0.3 is 10.4 Å². The summed E-state index contributed by atoms with van der Waals surface area (Å²) in [4.78, 5) is 16.8. The molecule has 21 heavy (non-hydrogen) atoms. The first-order chi connectivity index (χ1) is 10.0. The molecule has 118 valence electrons. The molecule has 1 saturated heterocycles. The zero-order chi connectivity index (χ0) is 15.3. The number of amides is 1. The molecule has 0 aromatic carbocycles. The van der Waals surface area contributed by atoms with Crippen molar-refractivity contribution >= 4 is 17.2 Å². The van der Waals surface area contributed by atoms with Crippen molar-refractivity contribution in [2.24, 2.45) is 5.41 Å². The first kappa shape index (κ1) is 16.5. The van der Waals surface area contributed by atoms with Crippen LogP contribution in [0.1, 0.15) is 36.4 Å². The number of carbonyl (C=O) groups is 1. The third-order valence-corrected chi connectivity index (χ3v) is 5.36. The molecule has 1 atom stereocenters. The van der Waals surface area contributed by atoms with Crippen LogP contribution in [0.2, 0.25) is 0 Å². The first-order valence-electron chi connectivity index (χ1n) is 7.72. The van der Waals surface area contributed by atoms with E-state index in [1.807, 2.05) is 0 Å². The summed E-state index contributed by atoms with van der Waals surface area (Å²) in [5.41, 5.74) is -0.0533. The summed E-state index contributed by atoms with van der Waals surface area (Å²) in [6.07, 6.45) is 3.14. The van der Waals surface area contributed by atoms with E-state index in [9.17, 15) is 9.90 Å². The number of piperidine rings is 1. The van der Waals surface area contributed by atoms with Gasteiger partial charge in [-0.15, -0.1) is 11.3 Å². The van der Waals surface area contributed by atoms with Crippen molar-refractivity contribution in [3.05, 3.63) is 21.9 Å². The van der Waals surface area contributed by atoms with Gasteiger partial charge in [0.15, 0.2) is 0 Å². The van der Waals surface area contributed by atoms with Crippen LogP contribution >= 0.6 is 11.3 Å². The second-order valence-electron chi connectivity index (χ2n) is 6.28.